The number of rotatable bonds is 2. The predicted molar refractivity (Wildman–Crippen MR) is 48.2 cm³/mol. The smallest absolute Gasteiger partial charge is 0.209 e. The largest absolute Gasteiger partial charge is 0.756 e. The molecule has 0 bridgehead atoms. The van der Waals surface area contributed by atoms with Gasteiger partial charge >= 0.3 is 0 Å². The van der Waals surface area contributed by atoms with Crippen LogP contribution in [0.2, 0.25) is 0 Å². The maximum atomic E-state index is 11.3. The Hall–Kier alpha value is -0.610. The summed E-state index contributed by atoms with van der Waals surface area (Å²) in [6.45, 7) is 7.99. The van der Waals surface area contributed by atoms with Gasteiger partial charge in [0.15, 0.2) is 0 Å². The monoisotopic (exact) mass is 173 g/mol. The first-order valence-electron chi connectivity index (χ1n) is 3.87. The summed E-state index contributed by atoms with van der Waals surface area (Å²) < 4.78 is 0. The molecule has 0 unspecified atom stereocenters. The molecule has 0 aliphatic carbocycles. The van der Waals surface area contributed by atoms with E-state index in [0.717, 1.165) is 0 Å². The number of hydrogen-bond donors (Lipinski definition) is 1. The molecular formula is C8H17N2O2-. The second-order valence-electron chi connectivity index (χ2n) is 4.09. The van der Waals surface area contributed by atoms with Gasteiger partial charge in [0.05, 0.1) is 0 Å². The first kappa shape index (κ1) is 11.4. The van der Waals surface area contributed by atoms with Crippen molar-refractivity contribution in [2.24, 2.45) is 5.73 Å². The molecule has 0 atom stereocenters. The van der Waals surface area contributed by atoms with Gasteiger partial charge in [-0.05, 0) is 27.7 Å². The zero-order valence-corrected chi connectivity index (χ0v) is 8.34. The van der Waals surface area contributed by atoms with Crippen molar-refractivity contribution in [1.29, 1.82) is 0 Å². The normalized spacial score (nSPS) is 12.9. The molecule has 0 aromatic heterocycles. The molecule has 4 heteroatoms. The van der Waals surface area contributed by atoms with Gasteiger partial charge in [0.25, 0.3) is 0 Å². The van der Waals surface area contributed by atoms with Crippen molar-refractivity contribution < 1.29 is 4.79 Å². The first-order chi connectivity index (χ1) is 5.10. The lowest BCUT2D eigenvalue weighted by atomic mass is 9.83. The quantitative estimate of drug-likeness (QED) is 0.629. The molecule has 0 fully saturated rings. The van der Waals surface area contributed by atoms with Gasteiger partial charge in [0.1, 0.15) is 0 Å². The van der Waals surface area contributed by atoms with Crippen LogP contribution in [0.3, 0.4) is 0 Å². The Labute approximate surface area is 73.3 Å². The molecule has 2 N–H and O–H groups in total. The maximum Gasteiger partial charge on any atom is 0.209 e. The van der Waals surface area contributed by atoms with Crippen molar-refractivity contribution in [2.75, 3.05) is 0 Å². The van der Waals surface area contributed by atoms with Gasteiger partial charge < -0.3 is 16.0 Å². The maximum absolute atomic E-state index is 11.3. The van der Waals surface area contributed by atoms with Crippen molar-refractivity contribution in [3.05, 3.63) is 5.21 Å². The lowest BCUT2D eigenvalue weighted by molar-refractivity contribution is -0.132. The molecule has 0 aliphatic heterocycles. The number of carbonyl (C=O) groups is 1. The Morgan fingerprint density at radius 2 is 1.67 bits per heavy atom. The fourth-order valence-electron chi connectivity index (χ4n) is 0.655. The molecule has 0 spiro atoms. The molecule has 0 rings (SSSR count). The minimum atomic E-state index is -0.876. The van der Waals surface area contributed by atoms with E-state index in [1.54, 1.807) is 27.7 Å². The summed E-state index contributed by atoms with van der Waals surface area (Å²) in [6, 6.07) is 0. The molecular weight excluding hydrogens is 156 g/mol. The summed E-state index contributed by atoms with van der Waals surface area (Å²) in [6.07, 6.45) is 0. The van der Waals surface area contributed by atoms with E-state index in [1.165, 1.54) is 6.92 Å². The van der Waals surface area contributed by atoms with Crippen LogP contribution in [-0.2, 0) is 4.79 Å². The minimum Gasteiger partial charge on any atom is -0.756 e. The van der Waals surface area contributed by atoms with Crippen molar-refractivity contribution >= 4 is 5.91 Å². The van der Waals surface area contributed by atoms with Crippen molar-refractivity contribution in [1.82, 2.24) is 5.06 Å². The van der Waals surface area contributed by atoms with Crippen LogP contribution in [0.15, 0.2) is 0 Å². The number of hydrogen-bond acceptors (Lipinski definition) is 3. The fourth-order valence-corrected chi connectivity index (χ4v) is 0.655. The summed E-state index contributed by atoms with van der Waals surface area (Å²) in [7, 11) is 0. The van der Waals surface area contributed by atoms with Crippen LogP contribution in [0.4, 0.5) is 0 Å². The van der Waals surface area contributed by atoms with Gasteiger partial charge in [-0.3, -0.25) is 4.79 Å². The Morgan fingerprint density at radius 3 is 1.75 bits per heavy atom. The molecule has 1 amide bonds. The van der Waals surface area contributed by atoms with Crippen LogP contribution < -0.4 is 5.73 Å². The molecule has 0 aliphatic rings. The molecule has 0 saturated carbocycles. The van der Waals surface area contributed by atoms with Gasteiger partial charge in [-0.15, -0.1) is 0 Å². The average molecular weight is 173 g/mol. The first-order valence-corrected chi connectivity index (χ1v) is 3.87. The van der Waals surface area contributed by atoms with Crippen LogP contribution >= 0.6 is 0 Å². The second-order valence-corrected chi connectivity index (χ2v) is 4.09. The highest BCUT2D eigenvalue weighted by Crippen LogP contribution is 2.24. The van der Waals surface area contributed by atoms with E-state index >= 15 is 0 Å². The molecule has 0 aromatic rings. The highest BCUT2D eigenvalue weighted by molar-refractivity contribution is 5.74. The number of hydroxylamine groups is 2. The van der Waals surface area contributed by atoms with Crippen molar-refractivity contribution in [3.63, 3.8) is 0 Å². The highest BCUT2D eigenvalue weighted by Gasteiger charge is 2.35. The number of carbonyl (C=O) groups excluding carboxylic acids is 1. The lowest BCUT2D eigenvalue weighted by Crippen LogP contribution is -2.61. The van der Waals surface area contributed by atoms with Crippen LogP contribution in [-0.4, -0.2) is 22.0 Å². The fraction of sp³-hybridized carbons (Fsp3) is 0.875. The minimum absolute atomic E-state index is 0.424. The van der Waals surface area contributed by atoms with Crippen LogP contribution in [0.25, 0.3) is 0 Å². The predicted octanol–water partition coefficient (Wildman–Crippen LogP) is 0.849. The van der Waals surface area contributed by atoms with Crippen molar-refractivity contribution in [2.45, 2.75) is 45.7 Å². The van der Waals surface area contributed by atoms with E-state index in [9.17, 15) is 10.0 Å². The summed E-state index contributed by atoms with van der Waals surface area (Å²) in [4.78, 5) is 10.8. The van der Waals surface area contributed by atoms with Gasteiger partial charge in [-0.1, -0.05) is 0 Å². The SMILES string of the molecule is CC(=O)N([O-])C(C)(C)C(C)(C)N. The van der Waals surface area contributed by atoms with Gasteiger partial charge in [-0.25, -0.2) is 0 Å². The molecule has 0 heterocycles. The molecule has 0 saturated heterocycles. The molecule has 0 radical (unpaired) electrons. The second kappa shape index (κ2) is 3.03. The zero-order chi connectivity index (χ0) is 10.2. The molecule has 0 aromatic carbocycles. The zero-order valence-electron chi connectivity index (χ0n) is 8.34. The Kier molecular flexibility index (Phi) is 2.88. The lowest BCUT2D eigenvalue weighted by Gasteiger charge is -2.51. The third kappa shape index (κ3) is 1.95. The third-order valence-corrected chi connectivity index (χ3v) is 2.37. The topological polar surface area (TPSA) is 69.4 Å². The van der Waals surface area contributed by atoms with E-state index in [2.05, 4.69) is 0 Å². The summed E-state index contributed by atoms with van der Waals surface area (Å²) in [5.41, 5.74) is 4.17. The standard InChI is InChI=1S/C8H17N2O2/c1-6(11)10(12)8(4,5)7(2,3)9/h9H2,1-5H3/q-1. The van der Waals surface area contributed by atoms with E-state index < -0.39 is 17.0 Å². The number of amides is 1. The summed E-state index contributed by atoms with van der Waals surface area (Å²) in [5, 5.41) is 11.7. The highest BCUT2D eigenvalue weighted by atomic mass is 16.5. The third-order valence-electron chi connectivity index (χ3n) is 2.37. The molecule has 4 nitrogen and oxygen atoms in total. The molecule has 72 valence electrons. The van der Waals surface area contributed by atoms with Crippen LogP contribution in [0, 0.1) is 5.21 Å². The van der Waals surface area contributed by atoms with Gasteiger partial charge in [0, 0.05) is 18.0 Å². The summed E-state index contributed by atoms with van der Waals surface area (Å²) in [5.74, 6) is -0.515. The van der Waals surface area contributed by atoms with Gasteiger partial charge in [0.2, 0.25) is 5.91 Å². The van der Waals surface area contributed by atoms with E-state index in [0.29, 0.717) is 5.06 Å². The van der Waals surface area contributed by atoms with Gasteiger partial charge in [-0.2, -0.15) is 0 Å². The Morgan fingerprint density at radius 1 is 1.33 bits per heavy atom. The van der Waals surface area contributed by atoms with Crippen molar-refractivity contribution in [3.8, 4) is 0 Å². The average Bonchev–Trinajstić information content (AvgIpc) is 1.83. The van der Waals surface area contributed by atoms with E-state index in [1.807, 2.05) is 0 Å². The number of nitrogens with two attached hydrogens (primary N) is 1. The van der Waals surface area contributed by atoms with E-state index in [-0.39, 0.29) is 0 Å². The van der Waals surface area contributed by atoms with Crippen LogP contribution in [0.5, 0.6) is 0 Å². The van der Waals surface area contributed by atoms with E-state index in [4.69, 9.17) is 5.73 Å². The Bertz CT molecular complexity index is 182. The summed E-state index contributed by atoms with van der Waals surface area (Å²) >= 11 is 0. The number of nitrogens with zero attached hydrogens (tertiary/aromatic N) is 1. The Balaban J connectivity index is 4.73. The molecule has 12 heavy (non-hydrogen) atoms. The van der Waals surface area contributed by atoms with Crippen LogP contribution in [0.1, 0.15) is 34.6 Å².